The van der Waals surface area contributed by atoms with Crippen molar-refractivity contribution in [3.05, 3.63) is 230 Å². The lowest BCUT2D eigenvalue weighted by atomic mass is 9.84. The van der Waals surface area contributed by atoms with E-state index in [4.69, 9.17) is 15.0 Å². The summed E-state index contributed by atoms with van der Waals surface area (Å²) >= 11 is 0. The summed E-state index contributed by atoms with van der Waals surface area (Å²) in [6, 6.07) is 63.9. The summed E-state index contributed by atoms with van der Waals surface area (Å²) in [6.45, 7) is 0. The lowest BCUT2D eigenvalue weighted by molar-refractivity contribution is 1.05. The zero-order valence-corrected chi connectivity index (χ0v) is 33.0. The van der Waals surface area contributed by atoms with Gasteiger partial charge in [0.1, 0.15) is 0 Å². The quantitative estimate of drug-likeness (QED) is 0.147. The van der Waals surface area contributed by atoms with E-state index in [2.05, 4.69) is 169 Å². The predicted octanol–water partition coefficient (Wildman–Crippen LogP) is 14.2. The molecule has 5 aromatic carbocycles. The first-order valence-electron chi connectivity index (χ1n) is 20.4. The van der Waals surface area contributed by atoms with Gasteiger partial charge < -0.3 is 0 Å². The van der Waals surface area contributed by atoms with Crippen LogP contribution < -0.4 is 0 Å². The van der Waals surface area contributed by atoms with E-state index in [1.807, 2.05) is 48.9 Å². The molecule has 9 aromatic rings. The zero-order valence-electron chi connectivity index (χ0n) is 33.0. The van der Waals surface area contributed by atoms with Crippen molar-refractivity contribution < 1.29 is 0 Å². The number of nitrogens with zero attached hydrogens (tertiary/aromatic N) is 4. The fourth-order valence-corrected chi connectivity index (χ4v) is 8.21. The van der Waals surface area contributed by atoms with Crippen LogP contribution in [0.2, 0.25) is 0 Å². The topological polar surface area (TPSA) is 51.6 Å². The first kappa shape index (κ1) is 36.5. The molecule has 4 aromatic heterocycles. The van der Waals surface area contributed by atoms with Gasteiger partial charge in [-0.1, -0.05) is 146 Å². The molecule has 0 unspecified atom stereocenters. The summed E-state index contributed by atoms with van der Waals surface area (Å²) < 4.78 is 0. The number of hydrogen-bond acceptors (Lipinski definition) is 4. The molecule has 0 bridgehead atoms. The molecule has 284 valence electrons. The molecule has 0 saturated carbocycles. The van der Waals surface area contributed by atoms with Crippen LogP contribution in [-0.4, -0.2) is 19.9 Å². The third-order valence-electron chi connectivity index (χ3n) is 11.2. The monoisotopic (exact) mass is 768 g/mol. The molecule has 1 aliphatic rings. The van der Waals surface area contributed by atoms with Crippen molar-refractivity contribution in [3.63, 3.8) is 0 Å². The highest BCUT2D eigenvalue weighted by atomic mass is 14.8. The van der Waals surface area contributed by atoms with Gasteiger partial charge in [0.05, 0.1) is 22.8 Å². The minimum Gasteiger partial charge on any atom is -0.256 e. The van der Waals surface area contributed by atoms with E-state index in [1.54, 1.807) is 6.20 Å². The Morgan fingerprint density at radius 3 is 1.27 bits per heavy atom. The molecule has 1 aliphatic carbocycles. The molecule has 60 heavy (non-hydrogen) atoms. The van der Waals surface area contributed by atoms with Gasteiger partial charge in [0, 0.05) is 47.0 Å². The summed E-state index contributed by atoms with van der Waals surface area (Å²) in [5, 5.41) is 0. The van der Waals surface area contributed by atoms with E-state index in [0.29, 0.717) is 0 Å². The van der Waals surface area contributed by atoms with Crippen molar-refractivity contribution in [1.29, 1.82) is 0 Å². The Morgan fingerprint density at radius 1 is 0.317 bits per heavy atom. The van der Waals surface area contributed by atoms with Crippen LogP contribution in [0.4, 0.5) is 0 Å². The maximum absolute atomic E-state index is 4.95. The van der Waals surface area contributed by atoms with Crippen molar-refractivity contribution >= 4 is 11.1 Å². The molecule has 0 spiro atoms. The lowest BCUT2D eigenvalue weighted by Crippen LogP contribution is -1.98. The smallest absolute Gasteiger partial charge is 0.0886 e. The Hall–Kier alpha value is -7.82. The van der Waals surface area contributed by atoms with Crippen LogP contribution in [0.25, 0.3) is 89.6 Å². The Morgan fingerprint density at radius 2 is 0.767 bits per heavy atom. The number of pyridine rings is 4. The summed E-state index contributed by atoms with van der Waals surface area (Å²) in [7, 11) is 0. The highest BCUT2D eigenvalue weighted by Gasteiger charge is 2.19. The van der Waals surface area contributed by atoms with Gasteiger partial charge in [-0.15, -0.1) is 0 Å². The maximum atomic E-state index is 4.95. The number of benzene rings is 5. The maximum Gasteiger partial charge on any atom is 0.0886 e. The van der Waals surface area contributed by atoms with E-state index in [1.165, 1.54) is 11.1 Å². The molecule has 0 saturated heterocycles. The van der Waals surface area contributed by atoms with Crippen LogP contribution in [0.3, 0.4) is 0 Å². The molecule has 0 amide bonds. The van der Waals surface area contributed by atoms with Gasteiger partial charge in [0.25, 0.3) is 0 Å². The summed E-state index contributed by atoms with van der Waals surface area (Å²) in [5.74, 6) is 0. The summed E-state index contributed by atoms with van der Waals surface area (Å²) in [5.41, 5.74) is 19.5. The number of hydrogen-bond donors (Lipinski definition) is 0. The molecule has 0 N–H and O–H groups in total. The zero-order chi connectivity index (χ0) is 40.1. The fraction of sp³-hybridized carbons (Fsp3) is 0.0357. The molecular formula is C56H40N4. The fourth-order valence-electron chi connectivity index (χ4n) is 8.21. The number of allylic oxidation sites excluding steroid dienone is 4. The second-order valence-electron chi connectivity index (χ2n) is 15.0. The highest BCUT2D eigenvalue weighted by molar-refractivity contribution is 5.99. The minimum absolute atomic E-state index is 0.846. The molecule has 10 rings (SSSR count). The second kappa shape index (κ2) is 16.6. The Balaban J connectivity index is 1.12. The summed E-state index contributed by atoms with van der Waals surface area (Å²) in [6.07, 6.45) is 14.3. The Bertz CT molecular complexity index is 2830. The molecule has 0 radical (unpaired) electrons. The second-order valence-corrected chi connectivity index (χ2v) is 15.0. The minimum atomic E-state index is 0.846. The van der Waals surface area contributed by atoms with E-state index in [-0.39, 0.29) is 0 Å². The van der Waals surface area contributed by atoms with Gasteiger partial charge in [-0.05, 0) is 117 Å². The third-order valence-corrected chi connectivity index (χ3v) is 11.2. The van der Waals surface area contributed by atoms with Crippen molar-refractivity contribution in [3.8, 4) is 78.4 Å². The molecule has 4 heteroatoms. The SMILES string of the molecule is C1=CC(c2cc(-c3ccccc3-c3ccc(-c4ccccc4)nc3)cc(-c3ccccc3-c3ccc(-c4ccccn4)nc3)c2)=C(c2ccc(-c3ccccc3)nc2)CC1. The van der Waals surface area contributed by atoms with Crippen LogP contribution in [0.5, 0.6) is 0 Å². The first-order valence-corrected chi connectivity index (χ1v) is 20.4. The highest BCUT2D eigenvalue weighted by Crippen LogP contribution is 2.42. The molecule has 0 fully saturated rings. The van der Waals surface area contributed by atoms with Gasteiger partial charge in [-0.3, -0.25) is 19.9 Å². The van der Waals surface area contributed by atoms with Crippen molar-refractivity contribution in [1.82, 2.24) is 19.9 Å². The van der Waals surface area contributed by atoms with Gasteiger partial charge in [0.2, 0.25) is 0 Å². The average Bonchev–Trinajstić information content (AvgIpc) is 3.35. The Labute approximate surface area is 351 Å². The van der Waals surface area contributed by atoms with Crippen LogP contribution in [0.1, 0.15) is 24.0 Å². The van der Waals surface area contributed by atoms with E-state index in [9.17, 15) is 0 Å². The molecule has 4 nitrogen and oxygen atoms in total. The number of rotatable bonds is 9. The molecule has 0 atom stereocenters. The molecule has 0 aliphatic heterocycles. The lowest BCUT2D eigenvalue weighted by Gasteiger charge is -2.20. The normalized spacial score (nSPS) is 12.4. The largest absolute Gasteiger partial charge is 0.256 e. The standard InChI is InChI=1S/C56H40N4/c1-3-15-39(16-4-1)53-29-26-41(36-58-53)47-19-7-10-22-50(47)44-33-45(51-23-11-8-20-48(51)42-27-30-54(59-37-42)40-17-5-2-6-18-40)35-46(34-44)52-24-12-9-21-49(52)43-28-31-56(60-38-43)55-25-13-14-32-57-55/h1-7,9-19,21-38H,8,20H2. The van der Waals surface area contributed by atoms with Gasteiger partial charge in [0.15, 0.2) is 0 Å². The van der Waals surface area contributed by atoms with Crippen molar-refractivity contribution in [2.24, 2.45) is 0 Å². The van der Waals surface area contributed by atoms with E-state index in [0.717, 1.165) is 102 Å². The van der Waals surface area contributed by atoms with Crippen molar-refractivity contribution in [2.75, 3.05) is 0 Å². The van der Waals surface area contributed by atoms with Crippen LogP contribution in [0, 0.1) is 0 Å². The number of aromatic nitrogens is 4. The summed E-state index contributed by atoms with van der Waals surface area (Å²) in [4.78, 5) is 19.3. The Kier molecular flexibility index (Phi) is 10.1. The van der Waals surface area contributed by atoms with Gasteiger partial charge in [-0.2, -0.15) is 0 Å². The molecule has 4 heterocycles. The van der Waals surface area contributed by atoms with Crippen LogP contribution in [0.15, 0.2) is 219 Å². The molecular weight excluding hydrogens is 729 g/mol. The average molecular weight is 769 g/mol. The van der Waals surface area contributed by atoms with Crippen LogP contribution >= 0.6 is 0 Å². The predicted molar refractivity (Wildman–Crippen MR) is 247 cm³/mol. The van der Waals surface area contributed by atoms with Gasteiger partial charge >= 0.3 is 0 Å². The third kappa shape index (κ3) is 7.50. The first-order chi connectivity index (χ1) is 29.7. The van der Waals surface area contributed by atoms with E-state index >= 15 is 0 Å². The van der Waals surface area contributed by atoms with Crippen molar-refractivity contribution in [2.45, 2.75) is 12.8 Å². The van der Waals surface area contributed by atoms with Crippen LogP contribution in [-0.2, 0) is 0 Å². The van der Waals surface area contributed by atoms with Gasteiger partial charge in [-0.25, -0.2) is 0 Å². The van der Waals surface area contributed by atoms with E-state index < -0.39 is 0 Å².